The molecule has 0 unspecified atom stereocenters. The van der Waals surface area contributed by atoms with Crippen molar-refractivity contribution in [2.75, 3.05) is 49.9 Å². The summed E-state index contributed by atoms with van der Waals surface area (Å²) in [6.07, 6.45) is -1.79. The molecule has 1 aliphatic heterocycles. The number of nitrogens with one attached hydrogen (secondary N) is 2. The largest absolute Gasteiger partial charge is 0.489 e. The van der Waals surface area contributed by atoms with Gasteiger partial charge in [-0.2, -0.15) is 13.2 Å². The van der Waals surface area contributed by atoms with Gasteiger partial charge in [-0.15, -0.1) is 0 Å². The van der Waals surface area contributed by atoms with Crippen molar-refractivity contribution in [2.24, 2.45) is 0 Å². The zero-order chi connectivity index (χ0) is 28.0. The lowest BCUT2D eigenvalue weighted by Gasteiger charge is -2.24. The van der Waals surface area contributed by atoms with E-state index in [0.717, 1.165) is 29.4 Å². The maximum atomic E-state index is 13.5. The Morgan fingerprint density at radius 3 is 2.59 bits per heavy atom. The topological polar surface area (TPSA) is 81.6 Å². The second kappa shape index (κ2) is 12.2. The number of anilines is 2. The number of alkyl halides is 4. The van der Waals surface area contributed by atoms with Gasteiger partial charge < -0.3 is 24.7 Å². The average Bonchev–Trinajstić information content (AvgIpc) is 3.22. The lowest BCUT2D eigenvalue weighted by atomic mass is 10.1. The normalized spacial score (nSPS) is 14.6. The molecule has 0 amide bonds. The maximum absolute atomic E-state index is 13.5. The predicted octanol–water partition coefficient (Wildman–Crippen LogP) is 5.01. The van der Waals surface area contributed by atoms with Crippen LogP contribution in [0.3, 0.4) is 0 Å². The van der Waals surface area contributed by atoms with Crippen LogP contribution in [0.5, 0.6) is 5.75 Å². The molecule has 2 aromatic carbocycles. The monoisotopic (exact) mass is 567 g/mol. The zero-order valence-corrected chi connectivity index (χ0v) is 22.1. The molecule has 1 aliphatic rings. The first kappa shape index (κ1) is 28.6. The number of aromatic nitrogens is 1. The van der Waals surface area contributed by atoms with E-state index in [1.165, 1.54) is 18.2 Å². The molecular weight excluding hydrogens is 538 g/mol. The summed E-state index contributed by atoms with van der Waals surface area (Å²) >= 11 is 0. The molecule has 39 heavy (non-hydrogen) atoms. The highest BCUT2D eigenvalue weighted by atomic mass is 32.2. The second-order valence-corrected chi connectivity index (χ2v) is 11.1. The fraction of sp³-hybridized carbons (Fsp3) is 0.407. The molecule has 0 aliphatic carbocycles. The van der Waals surface area contributed by atoms with Crippen LogP contribution in [0.15, 0.2) is 47.4 Å². The van der Waals surface area contributed by atoms with Crippen molar-refractivity contribution in [3.8, 4) is 17.6 Å². The third kappa shape index (κ3) is 7.58. The summed E-state index contributed by atoms with van der Waals surface area (Å²) in [5, 5.41) is 7.04. The van der Waals surface area contributed by atoms with Gasteiger partial charge in [0.05, 0.1) is 28.3 Å². The molecule has 0 bridgehead atoms. The van der Waals surface area contributed by atoms with Crippen LogP contribution >= 0.6 is 0 Å². The molecule has 1 saturated heterocycles. The lowest BCUT2D eigenvalue weighted by Crippen LogP contribution is -2.27. The molecule has 12 heteroatoms. The van der Waals surface area contributed by atoms with Gasteiger partial charge in [0, 0.05) is 42.7 Å². The number of hydrogen-bond acceptors (Lipinski definition) is 6. The Bertz CT molecular complexity index is 1470. The number of rotatable bonds is 9. The number of sulfone groups is 1. The quantitative estimate of drug-likeness (QED) is 0.280. The molecule has 0 spiro atoms. The van der Waals surface area contributed by atoms with E-state index < -0.39 is 29.2 Å². The lowest BCUT2D eigenvalue weighted by molar-refractivity contribution is -0.140. The zero-order valence-electron chi connectivity index (χ0n) is 21.3. The molecule has 0 atom stereocenters. The standard InChI is InChI=1S/C27H29F4N3O4S/c1-39(35,36)21-7-8-24(26(17-21)38-15-11-28)32-12-3-4-20-16-22-23(33-19-9-13-37-14-10-19)5-2-6-25(22)34(20)18-27(29,30)31/h2,5-8,16-17,19,32-33H,9-15,18H2,1H3. The van der Waals surface area contributed by atoms with Crippen molar-refractivity contribution >= 4 is 32.1 Å². The minimum absolute atomic E-state index is 0.00910. The molecule has 7 nitrogen and oxygen atoms in total. The number of benzene rings is 2. The first-order valence-corrected chi connectivity index (χ1v) is 14.2. The Balaban J connectivity index is 1.60. The van der Waals surface area contributed by atoms with Gasteiger partial charge in [0.25, 0.3) is 0 Å². The van der Waals surface area contributed by atoms with Gasteiger partial charge in [-0.05, 0) is 49.1 Å². The second-order valence-electron chi connectivity index (χ2n) is 9.12. The Hall–Kier alpha value is -3.43. The van der Waals surface area contributed by atoms with Crippen LogP contribution in [-0.4, -0.2) is 64.5 Å². The van der Waals surface area contributed by atoms with E-state index in [1.807, 2.05) is 6.07 Å². The number of hydrogen-bond donors (Lipinski definition) is 2. The van der Waals surface area contributed by atoms with E-state index in [9.17, 15) is 26.0 Å². The van der Waals surface area contributed by atoms with Crippen molar-refractivity contribution in [2.45, 2.75) is 36.5 Å². The van der Waals surface area contributed by atoms with Crippen molar-refractivity contribution in [3.63, 3.8) is 0 Å². The van der Waals surface area contributed by atoms with Gasteiger partial charge >= 0.3 is 6.18 Å². The Morgan fingerprint density at radius 2 is 1.90 bits per heavy atom. The van der Waals surface area contributed by atoms with E-state index in [4.69, 9.17) is 9.47 Å². The molecule has 1 aromatic heterocycles. The Morgan fingerprint density at radius 1 is 1.13 bits per heavy atom. The minimum atomic E-state index is -4.45. The molecule has 4 rings (SSSR count). The highest BCUT2D eigenvalue weighted by Crippen LogP contribution is 2.31. The fourth-order valence-electron chi connectivity index (χ4n) is 4.35. The number of nitrogens with zero attached hydrogens (tertiary/aromatic N) is 1. The van der Waals surface area contributed by atoms with Gasteiger partial charge in [-0.1, -0.05) is 12.0 Å². The van der Waals surface area contributed by atoms with Gasteiger partial charge in [0.2, 0.25) is 0 Å². The van der Waals surface area contributed by atoms with Crippen LogP contribution < -0.4 is 15.4 Å². The van der Waals surface area contributed by atoms with Gasteiger partial charge in [-0.25, -0.2) is 12.8 Å². The van der Waals surface area contributed by atoms with Crippen molar-refractivity contribution in [1.82, 2.24) is 4.57 Å². The smallest absolute Gasteiger partial charge is 0.406 e. The minimum Gasteiger partial charge on any atom is -0.489 e. The highest BCUT2D eigenvalue weighted by Gasteiger charge is 2.30. The van der Waals surface area contributed by atoms with Crippen LogP contribution in [0.4, 0.5) is 28.9 Å². The number of halogens is 4. The van der Waals surface area contributed by atoms with Crippen LogP contribution in [-0.2, 0) is 21.1 Å². The van der Waals surface area contributed by atoms with E-state index in [-0.39, 0.29) is 35.5 Å². The molecule has 0 saturated carbocycles. The summed E-state index contributed by atoms with van der Waals surface area (Å²) in [4.78, 5) is 0.00910. The van der Waals surface area contributed by atoms with Crippen molar-refractivity contribution in [1.29, 1.82) is 0 Å². The van der Waals surface area contributed by atoms with Crippen LogP contribution in [0.25, 0.3) is 10.9 Å². The first-order valence-electron chi connectivity index (χ1n) is 12.3. The van der Waals surface area contributed by atoms with Crippen molar-refractivity contribution < 1.29 is 35.5 Å². The van der Waals surface area contributed by atoms with E-state index in [0.29, 0.717) is 29.8 Å². The van der Waals surface area contributed by atoms with E-state index >= 15 is 0 Å². The van der Waals surface area contributed by atoms with Crippen molar-refractivity contribution in [3.05, 3.63) is 48.2 Å². The average molecular weight is 568 g/mol. The van der Waals surface area contributed by atoms with Crippen LogP contribution in [0.2, 0.25) is 0 Å². The molecule has 1 fully saturated rings. The molecule has 2 N–H and O–H groups in total. The van der Waals surface area contributed by atoms with Gasteiger partial charge in [0.15, 0.2) is 9.84 Å². The number of ether oxygens (including phenoxy) is 2. The molecule has 0 radical (unpaired) electrons. The fourth-order valence-corrected chi connectivity index (χ4v) is 4.98. The first-order chi connectivity index (χ1) is 18.5. The van der Waals surface area contributed by atoms with Gasteiger partial charge in [-0.3, -0.25) is 0 Å². The Kier molecular flexibility index (Phi) is 8.92. The van der Waals surface area contributed by atoms with Crippen LogP contribution in [0, 0.1) is 11.8 Å². The summed E-state index contributed by atoms with van der Waals surface area (Å²) in [7, 11) is -3.51. The maximum Gasteiger partial charge on any atom is 0.406 e. The molecule has 210 valence electrons. The molecule has 2 heterocycles. The summed E-state index contributed by atoms with van der Waals surface area (Å²) in [6.45, 7) is -0.950. The third-order valence-corrected chi connectivity index (χ3v) is 7.27. The summed E-state index contributed by atoms with van der Waals surface area (Å²) in [6, 6.07) is 11.1. The summed E-state index contributed by atoms with van der Waals surface area (Å²) < 4.78 is 88.7. The van der Waals surface area contributed by atoms with Crippen LogP contribution in [0.1, 0.15) is 18.5 Å². The SMILES string of the molecule is CS(=O)(=O)c1ccc(NCC#Cc2cc3c(NC4CCOCC4)cccc3n2CC(F)(F)F)c(OCCF)c1. The number of fused-ring (bicyclic) bond motifs is 1. The molecular formula is C27H29F4N3O4S. The third-order valence-electron chi connectivity index (χ3n) is 6.16. The Labute approximate surface area is 224 Å². The van der Waals surface area contributed by atoms with Gasteiger partial charge in [0.1, 0.15) is 25.6 Å². The van der Waals surface area contributed by atoms with E-state index in [1.54, 1.807) is 18.2 Å². The highest BCUT2D eigenvalue weighted by molar-refractivity contribution is 7.90. The summed E-state index contributed by atoms with van der Waals surface area (Å²) in [5.41, 5.74) is 1.73. The van der Waals surface area contributed by atoms with E-state index in [2.05, 4.69) is 22.5 Å². The predicted molar refractivity (Wildman–Crippen MR) is 142 cm³/mol. The molecule has 3 aromatic rings. The summed E-state index contributed by atoms with van der Waals surface area (Å²) in [5.74, 6) is 5.79.